The molecule has 4 amide bonds. The number of ether oxygens (including phenoxy) is 1. The lowest BCUT2D eigenvalue weighted by Gasteiger charge is -2.35. The van der Waals surface area contributed by atoms with E-state index in [9.17, 15) is 24.3 Å². The van der Waals surface area contributed by atoms with E-state index >= 15 is 0 Å². The van der Waals surface area contributed by atoms with Crippen molar-refractivity contribution in [3.05, 3.63) is 34.9 Å². The van der Waals surface area contributed by atoms with Gasteiger partial charge in [0.15, 0.2) is 0 Å². The maximum absolute atomic E-state index is 13.6. The van der Waals surface area contributed by atoms with E-state index < -0.39 is 54.5 Å². The highest BCUT2D eigenvalue weighted by atomic mass is 16.6. The van der Waals surface area contributed by atoms with Crippen LogP contribution in [0.2, 0.25) is 0 Å². The zero-order valence-electron chi connectivity index (χ0n) is 21.1. The molecule has 0 aliphatic heterocycles. The molecule has 0 radical (unpaired) electrons. The first kappa shape index (κ1) is 28.9. The van der Waals surface area contributed by atoms with Crippen molar-refractivity contribution in [2.24, 2.45) is 5.73 Å². The van der Waals surface area contributed by atoms with Crippen LogP contribution in [0.15, 0.2) is 18.2 Å². The number of primary amides is 1. The summed E-state index contributed by atoms with van der Waals surface area (Å²) in [6.45, 7) is 11.6. The first-order valence-corrected chi connectivity index (χ1v) is 11.2. The molecule has 5 N–H and O–H groups in total. The number of alkyl carbamates (subject to hydrolysis) is 1. The lowest BCUT2D eigenvalue weighted by molar-refractivity contribution is -0.144. The molecule has 0 saturated carbocycles. The molecule has 1 aromatic carbocycles. The summed E-state index contributed by atoms with van der Waals surface area (Å²) in [5, 5.41) is 14.9. The van der Waals surface area contributed by atoms with Crippen LogP contribution in [-0.4, -0.2) is 64.7 Å². The first-order valence-electron chi connectivity index (χ1n) is 11.2. The molecule has 34 heavy (non-hydrogen) atoms. The van der Waals surface area contributed by atoms with Crippen LogP contribution in [0.3, 0.4) is 0 Å². The third-order valence-corrected chi connectivity index (χ3v) is 4.95. The number of nitrogens with zero attached hydrogens (tertiary/aromatic N) is 1. The Balaban J connectivity index is 3.51. The van der Waals surface area contributed by atoms with Crippen molar-refractivity contribution in [1.29, 1.82) is 0 Å². The van der Waals surface area contributed by atoms with Crippen molar-refractivity contribution in [2.75, 3.05) is 13.2 Å². The minimum absolute atomic E-state index is 0.215. The maximum atomic E-state index is 13.6. The molecule has 0 fully saturated rings. The number of nitrogens with two attached hydrogens (primary N) is 1. The highest BCUT2D eigenvalue weighted by Crippen LogP contribution is 2.27. The van der Waals surface area contributed by atoms with E-state index in [0.717, 1.165) is 16.0 Å². The van der Waals surface area contributed by atoms with Crippen LogP contribution in [0, 0.1) is 13.8 Å². The van der Waals surface area contributed by atoms with Gasteiger partial charge in [0, 0.05) is 12.6 Å². The van der Waals surface area contributed by atoms with Crippen LogP contribution in [-0.2, 0) is 19.1 Å². The molecule has 0 bridgehead atoms. The van der Waals surface area contributed by atoms with Crippen LogP contribution < -0.4 is 16.4 Å². The Kier molecular flexibility index (Phi) is 10.5. The fourth-order valence-corrected chi connectivity index (χ4v) is 3.41. The number of amides is 4. The van der Waals surface area contributed by atoms with E-state index in [1.165, 1.54) is 0 Å². The molecular formula is C24H38N4O6. The number of aliphatic hydroxyl groups excluding tert-OH is 1. The molecule has 0 aliphatic carbocycles. The van der Waals surface area contributed by atoms with Gasteiger partial charge in [0.25, 0.3) is 0 Å². The highest BCUT2D eigenvalue weighted by Gasteiger charge is 2.37. The van der Waals surface area contributed by atoms with E-state index in [4.69, 9.17) is 10.5 Å². The highest BCUT2D eigenvalue weighted by molar-refractivity contribution is 5.94. The van der Waals surface area contributed by atoms with Gasteiger partial charge in [-0.15, -0.1) is 0 Å². The normalized spacial score (nSPS) is 13.1. The predicted octanol–water partition coefficient (Wildman–Crippen LogP) is 1.46. The number of benzene rings is 1. The summed E-state index contributed by atoms with van der Waals surface area (Å²) in [7, 11) is 0. The van der Waals surface area contributed by atoms with Gasteiger partial charge in [-0.3, -0.25) is 14.4 Å². The van der Waals surface area contributed by atoms with Crippen LogP contribution in [0.4, 0.5) is 4.79 Å². The molecule has 190 valence electrons. The summed E-state index contributed by atoms with van der Waals surface area (Å²) in [4.78, 5) is 52.2. The summed E-state index contributed by atoms with van der Waals surface area (Å²) in [5.41, 5.74) is 6.77. The van der Waals surface area contributed by atoms with Gasteiger partial charge in [0.2, 0.25) is 17.7 Å². The Hall–Kier alpha value is -3.14. The third kappa shape index (κ3) is 8.66. The lowest BCUT2D eigenvalue weighted by Crippen LogP contribution is -2.55. The number of carbonyl (C=O) groups excluding carboxylic acids is 4. The SMILES string of the molecule is Cc1cccc(C(C(=O)NC(C)C)N(CCO)C(=O)C(CC(N)=O)NC(=O)OC(C)(C)C)c1C. The second kappa shape index (κ2) is 12.4. The number of nitrogens with one attached hydrogen (secondary N) is 2. The quantitative estimate of drug-likeness (QED) is 0.400. The summed E-state index contributed by atoms with van der Waals surface area (Å²) in [5.74, 6) is -2.03. The number of carbonyl (C=O) groups is 4. The fourth-order valence-electron chi connectivity index (χ4n) is 3.41. The molecular weight excluding hydrogens is 440 g/mol. The van der Waals surface area contributed by atoms with E-state index in [1.807, 2.05) is 19.9 Å². The lowest BCUT2D eigenvalue weighted by atomic mass is 9.94. The van der Waals surface area contributed by atoms with E-state index in [-0.39, 0.29) is 12.6 Å². The molecule has 2 unspecified atom stereocenters. The summed E-state index contributed by atoms with van der Waals surface area (Å²) < 4.78 is 5.22. The molecule has 10 heteroatoms. The molecule has 0 spiro atoms. The minimum atomic E-state index is -1.39. The van der Waals surface area contributed by atoms with E-state index in [1.54, 1.807) is 46.8 Å². The fraction of sp³-hybridized carbons (Fsp3) is 0.583. The van der Waals surface area contributed by atoms with Crippen LogP contribution in [0.5, 0.6) is 0 Å². The topological polar surface area (TPSA) is 151 Å². The van der Waals surface area contributed by atoms with Gasteiger partial charge in [-0.2, -0.15) is 0 Å². The standard InChI is InChI=1S/C24H38N4O6/c1-14(2)26-21(31)20(17-10-8-9-15(3)16(17)4)28(11-12-29)22(32)18(13-19(25)30)27-23(33)34-24(5,6)7/h8-10,14,18,20,29H,11-13H2,1-7H3,(H2,25,30)(H,26,31)(H,27,33). The van der Waals surface area contributed by atoms with Crippen LogP contribution in [0.25, 0.3) is 0 Å². The summed E-state index contributed by atoms with van der Waals surface area (Å²) in [6, 6.07) is 2.67. The van der Waals surface area contributed by atoms with Crippen molar-refractivity contribution < 1.29 is 29.0 Å². The number of hydrogen-bond donors (Lipinski definition) is 4. The second-order valence-electron chi connectivity index (χ2n) is 9.48. The minimum Gasteiger partial charge on any atom is -0.444 e. The third-order valence-electron chi connectivity index (χ3n) is 4.95. The Morgan fingerprint density at radius 2 is 1.74 bits per heavy atom. The van der Waals surface area contributed by atoms with Crippen molar-refractivity contribution in [3.8, 4) is 0 Å². The van der Waals surface area contributed by atoms with Crippen LogP contribution in [0.1, 0.15) is 63.8 Å². The molecule has 10 nitrogen and oxygen atoms in total. The number of aliphatic hydroxyl groups is 1. The Morgan fingerprint density at radius 1 is 1.12 bits per heavy atom. The van der Waals surface area contributed by atoms with Crippen molar-refractivity contribution in [1.82, 2.24) is 15.5 Å². The number of aryl methyl sites for hydroxylation is 1. The van der Waals surface area contributed by atoms with Gasteiger partial charge in [0.1, 0.15) is 17.7 Å². The first-order chi connectivity index (χ1) is 15.7. The number of rotatable bonds is 10. The average molecular weight is 479 g/mol. The Morgan fingerprint density at radius 3 is 2.24 bits per heavy atom. The van der Waals surface area contributed by atoms with Gasteiger partial charge in [0.05, 0.1) is 13.0 Å². The molecule has 0 heterocycles. The second-order valence-corrected chi connectivity index (χ2v) is 9.48. The van der Waals surface area contributed by atoms with Crippen molar-refractivity contribution >= 4 is 23.8 Å². The zero-order valence-corrected chi connectivity index (χ0v) is 21.1. The smallest absolute Gasteiger partial charge is 0.408 e. The molecule has 0 aromatic heterocycles. The monoisotopic (exact) mass is 478 g/mol. The van der Waals surface area contributed by atoms with Crippen molar-refractivity contribution in [3.63, 3.8) is 0 Å². The predicted molar refractivity (Wildman–Crippen MR) is 128 cm³/mol. The zero-order chi connectivity index (χ0) is 26.2. The Labute approximate surface area is 201 Å². The van der Waals surface area contributed by atoms with Crippen LogP contribution >= 0.6 is 0 Å². The van der Waals surface area contributed by atoms with E-state index in [0.29, 0.717) is 5.56 Å². The number of hydrogen-bond acceptors (Lipinski definition) is 6. The van der Waals surface area contributed by atoms with Crippen molar-refractivity contribution in [2.45, 2.75) is 78.6 Å². The summed E-state index contributed by atoms with van der Waals surface area (Å²) >= 11 is 0. The van der Waals surface area contributed by atoms with Gasteiger partial charge >= 0.3 is 6.09 Å². The molecule has 1 rings (SSSR count). The molecule has 1 aromatic rings. The van der Waals surface area contributed by atoms with Gasteiger partial charge < -0.3 is 31.1 Å². The molecule has 0 saturated heterocycles. The molecule has 2 atom stereocenters. The average Bonchev–Trinajstić information content (AvgIpc) is 2.67. The van der Waals surface area contributed by atoms with E-state index in [2.05, 4.69) is 10.6 Å². The Bertz CT molecular complexity index is 894. The van der Waals surface area contributed by atoms with Gasteiger partial charge in [-0.1, -0.05) is 18.2 Å². The largest absolute Gasteiger partial charge is 0.444 e. The van der Waals surface area contributed by atoms with Gasteiger partial charge in [-0.05, 0) is 65.2 Å². The molecule has 0 aliphatic rings. The maximum Gasteiger partial charge on any atom is 0.408 e. The summed E-state index contributed by atoms with van der Waals surface area (Å²) in [6.07, 6.45) is -1.42. The van der Waals surface area contributed by atoms with Gasteiger partial charge in [-0.25, -0.2) is 4.79 Å².